The van der Waals surface area contributed by atoms with Gasteiger partial charge < -0.3 is 30.7 Å². The summed E-state index contributed by atoms with van der Waals surface area (Å²) >= 11 is 0. The summed E-state index contributed by atoms with van der Waals surface area (Å²) < 4.78 is 28.8. The molecule has 2 fully saturated rings. The lowest BCUT2D eigenvalue weighted by Gasteiger charge is -2.33. The van der Waals surface area contributed by atoms with Gasteiger partial charge in [-0.15, -0.1) is 0 Å². The number of carbonyl (C=O) groups excluding carboxylic acids is 4. The molecule has 0 saturated carbocycles. The summed E-state index contributed by atoms with van der Waals surface area (Å²) in [6, 6.07) is 2.51. The van der Waals surface area contributed by atoms with Gasteiger partial charge in [-0.1, -0.05) is 0 Å². The van der Waals surface area contributed by atoms with Crippen LogP contribution in [0.2, 0.25) is 0 Å². The molecule has 1 aromatic carbocycles. The summed E-state index contributed by atoms with van der Waals surface area (Å²) in [5, 5.41) is 4.94. The van der Waals surface area contributed by atoms with Crippen molar-refractivity contribution in [1.82, 2.24) is 19.7 Å². The molecule has 4 rings (SSSR count). The van der Waals surface area contributed by atoms with Crippen molar-refractivity contribution in [3.05, 3.63) is 53.9 Å². The van der Waals surface area contributed by atoms with Crippen LogP contribution in [0, 0.1) is 11.6 Å². The van der Waals surface area contributed by atoms with Crippen LogP contribution in [-0.2, 0) is 16.6 Å². The molecule has 4 N–H and O–H groups in total. The largest absolute Gasteiger partial charge is 0.368 e. The number of nitrogens with one attached hydrogen (secondary N) is 2. The zero-order valence-electron chi connectivity index (χ0n) is 19.0. The van der Waals surface area contributed by atoms with E-state index in [1.54, 1.807) is 29.9 Å². The van der Waals surface area contributed by atoms with E-state index in [1.165, 1.54) is 9.80 Å². The molecule has 3 heterocycles. The van der Waals surface area contributed by atoms with Gasteiger partial charge >= 0.3 is 6.03 Å². The standard InChI is InChI=1S/C23H26F2N6O4/c1-29-9-2-5-18(29)21(33)31-11-8-16(19(31)22(34)30-10-3-4-17(30)20(26)32)28-23(35)27-15-7-6-13(24)12-14(15)25/h2,5-7,9,12,16-17,19H,3-4,8,10-11H2,1H3,(H2,26,32)(H2,27,28,35). The molecule has 0 aliphatic carbocycles. The maximum Gasteiger partial charge on any atom is 0.319 e. The number of urea groups is 1. The zero-order chi connectivity index (χ0) is 25.3. The topological polar surface area (TPSA) is 130 Å². The molecule has 2 aliphatic rings. The average Bonchev–Trinajstić information content (AvgIpc) is 3.54. The van der Waals surface area contributed by atoms with Crippen LogP contribution in [0.1, 0.15) is 29.8 Å². The Kier molecular flexibility index (Phi) is 6.72. The van der Waals surface area contributed by atoms with Gasteiger partial charge in [-0.3, -0.25) is 14.4 Å². The second kappa shape index (κ2) is 9.72. The van der Waals surface area contributed by atoms with Gasteiger partial charge in [0.15, 0.2) is 0 Å². The molecule has 1 aromatic heterocycles. The number of halogens is 2. The van der Waals surface area contributed by atoms with Crippen molar-refractivity contribution in [3.63, 3.8) is 0 Å². The Balaban J connectivity index is 1.58. The number of likely N-dealkylation sites (tertiary alicyclic amines) is 2. The molecule has 186 valence electrons. The molecule has 2 saturated heterocycles. The third kappa shape index (κ3) is 4.81. The third-order valence-electron chi connectivity index (χ3n) is 6.43. The van der Waals surface area contributed by atoms with Crippen LogP contribution < -0.4 is 16.4 Å². The minimum Gasteiger partial charge on any atom is -0.368 e. The highest BCUT2D eigenvalue weighted by atomic mass is 19.1. The Labute approximate surface area is 200 Å². The molecule has 2 aliphatic heterocycles. The summed E-state index contributed by atoms with van der Waals surface area (Å²) in [6.45, 7) is 0.472. The molecule has 5 amide bonds. The number of nitrogens with zero attached hydrogens (tertiary/aromatic N) is 3. The third-order valence-corrected chi connectivity index (χ3v) is 6.43. The Bertz CT molecular complexity index is 1170. The quantitative estimate of drug-likeness (QED) is 0.584. The molecular weight excluding hydrogens is 462 g/mol. The van der Waals surface area contributed by atoms with Gasteiger partial charge in [0, 0.05) is 32.4 Å². The first-order valence-electron chi connectivity index (χ1n) is 11.2. The molecule has 0 spiro atoms. The number of anilines is 1. The van der Waals surface area contributed by atoms with E-state index in [0.29, 0.717) is 31.1 Å². The van der Waals surface area contributed by atoms with Crippen LogP contribution in [-0.4, -0.2) is 69.3 Å². The lowest BCUT2D eigenvalue weighted by atomic mass is 10.1. The van der Waals surface area contributed by atoms with E-state index in [4.69, 9.17) is 5.73 Å². The summed E-state index contributed by atoms with van der Waals surface area (Å²) in [4.78, 5) is 54.2. The lowest BCUT2D eigenvalue weighted by Crippen LogP contribution is -2.58. The normalized spacial score (nSPS) is 21.7. The average molecular weight is 488 g/mol. The van der Waals surface area contributed by atoms with Crippen molar-refractivity contribution < 1.29 is 28.0 Å². The van der Waals surface area contributed by atoms with Crippen molar-refractivity contribution in [3.8, 4) is 0 Å². The molecule has 0 bridgehead atoms. The Morgan fingerprint density at radius 3 is 2.49 bits per heavy atom. The zero-order valence-corrected chi connectivity index (χ0v) is 19.0. The summed E-state index contributed by atoms with van der Waals surface area (Å²) in [6.07, 6.45) is 2.95. The smallest absolute Gasteiger partial charge is 0.319 e. The molecule has 3 unspecified atom stereocenters. The van der Waals surface area contributed by atoms with Gasteiger partial charge in [-0.2, -0.15) is 0 Å². The number of rotatable bonds is 5. The summed E-state index contributed by atoms with van der Waals surface area (Å²) in [5.74, 6) is -3.28. The molecule has 12 heteroatoms. The van der Waals surface area contributed by atoms with Crippen LogP contribution >= 0.6 is 0 Å². The van der Waals surface area contributed by atoms with E-state index < -0.39 is 53.5 Å². The first kappa shape index (κ1) is 24.2. The van der Waals surface area contributed by atoms with E-state index in [-0.39, 0.29) is 18.7 Å². The molecule has 35 heavy (non-hydrogen) atoms. The van der Waals surface area contributed by atoms with Gasteiger partial charge in [-0.05, 0) is 43.5 Å². The first-order valence-corrected chi connectivity index (χ1v) is 11.2. The highest BCUT2D eigenvalue weighted by Gasteiger charge is 2.47. The molecule has 2 aromatic rings. The number of amides is 5. The van der Waals surface area contributed by atoms with Crippen LogP contribution in [0.4, 0.5) is 19.3 Å². The number of primary amides is 1. The number of nitrogens with two attached hydrogens (primary N) is 1. The van der Waals surface area contributed by atoms with Crippen molar-refractivity contribution in [2.45, 2.75) is 37.4 Å². The van der Waals surface area contributed by atoms with Gasteiger partial charge in [0.2, 0.25) is 11.8 Å². The Morgan fingerprint density at radius 1 is 1.06 bits per heavy atom. The van der Waals surface area contributed by atoms with Crippen molar-refractivity contribution in [1.29, 1.82) is 0 Å². The number of hydrogen-bond donors (Lipinski definition) is 3. The van der Waals surface area contributed by atoms with Crippen molar-refractivity contribution in [2.24, 2.45) is 12.8 Å². The van der Waals surface area contributed by atoms with E-state index in [2.05, 4.69) is 10.6 Å². The van der Waals surface area contributed by atoms with Crippen molar-refractivity contribution in [2.75, 3.05) is 18.4 Å². The monoisotopic (exact) mass is 488 g/mol. The van der Waals surface area contributed by atoms with Gasteiger partial charge in [0.1, 0.15) is 29.4 Å². The van der Waals surface area contributed by atoms with Gasteiger partial charge in [0.25, 0.3) is 5.91 Å². The fraction of sp³-hybridized carbons (Fsp3) is 0.391. The van der Waals surface area contributed by atoms with Gasteiger partial charge in [0.05, 0.1) is 11.7 Å². The Hall–Kier alpha value is -3.96. The predicted octanol–water partition coefficient (Wildman–Crippen LogP) is 1.18. The molecule has 0 radical (unpaired) electrons. The van der Waals surface area contributed by atoms with E-state index in [1.807, 2.05) is 0 Å². The van der Waals surface area contributed by atoms with E-state index in [9.17, 15) is 28.0 Å². The maximum absolute atomic E-state index is 14.0. The number of aromatic nitrogens is 1. The fourth-order valence-electron chi connectivity index (χ4n) is 4.72. The molecule has 10 nitrogen and oxygen atoms in total. The molecular formula is C23H26F2N6O4. The van der Waals surface area contributed by atoms with Crippen LogP contribution in [0.3, 0.4) is 0 Å². The second-order valence-electron chi connectivity index (χ2n) is 8.66. The lowest BCUT2D eigenvalue weighted by molar-refractivity contribution is -0.140. The Morgan fingerprint density at radius 2 is 1.83 bits per heavy atom. The summed E-state index contributed by atoms with van der Waals surface area (Å²) in [7, 11) is 1.70. The van der Waals surface area contributed by atoms with E-state index in [0.717, 1.165) is 12.1 Å². The van der Waals surface area contributed by atoms with Crippen LogP contribution in [0.15, 0.2) is 36.5 Å². The van der Waals surface area contributed by atoms with E-state index >= 15 is 0 Å². The van der Waals surface area contributed by atoms with Gasteiger partial charge in [-0.25, -0.2) is 13.6 Å². The SMILES string of the molecule is Cn1cccc1C(=O)N1CCC(NC(=O)Nc2ccc(F)cc2F)C1C(=O)N1CCCC1C(N)=O. The highest BCUT2D eigenvalue weighted by Crippen LogP contribution is 2.27. The maximum atomic E-state index is 14.0. The first-order chi connectivity index (χ1) is 16.7. The number of aryl methyl sites for hydroxylation is 1. The van der Waals surface area contributed by atoms with Crippen LogP contribution in [0.5, 0.6) is 0 Å². The van der Waals surface area contributed by atoms with Crippen LogP contribution in [0.25, 0.3) is 0 Å². The fourth-order valence-corrected chi connectivity index (χ4v) is 4.72. The number of carbonyl (C=O) groups is 4. The number of benzene rings is 1. The predicted molar refractivity (Wildman–Crippen MR) is 121 cm³/mol. The minimum absolute atomic E-state index is 0.172. The van der Waals surface area contributed by atoms with Crippen molar-refractivity contribution >= 4 is 29.4 Å². The second-order valence-corrected chi connectivity index (χ2v) is 8.66. The molecule has 3 atom stereocenters. The minimum atomic E-state index is -1.10. The highest BCUT2D eigenvalue weighted by molar-refractivity contribution is 5.99. The number of hydrogen-bond acceptors (Lipinski definition) is 4. The summed E-state index contributed by atoms with van der Waals surface area (Å²) in [5.41, 5.74) is 5.60.